The van der Waals surface area contributed by atoms with Crippen LogP contribution in [0.3, 0.4) is 0 Å². The van der Waals surface area contributed by atoms with Gasteiger partial charge in [0.15, 0.2) is 0 Å². The highest BCUT2D eigenvalue weighted by Crippen LogP contribution is 2.04. The fourth-order valence-electron chi connectivity index (χ4n) is 1.35. The maximum atomic E-state index is 11.7. The van der Waals surface area contributed by atoms with Crippen molar-refractivity contribution in [3.63, 3.8) is 0 Å². The minimum atomic E-state index is -0.850. The highest BCUT2D eigenvalue weighted by Gasteiger charge is 2.12. The predicted molar refractivity (Wildman–Crippen MR) is 62.7 cm³/mol. The molecule has 1 heterocycles. The molecule has 5 heteroatoms. The molecule has 0 radical (unpaired) electrons. The number of rotatable bonds is 5. The van der Waals surface area contributed by atoms with Crippen LogP contribution in [-0.2, 0) is 4.79 Å². The van der Waals surface area contributed by atoms with E-state index >= 15 is 0 Å². The lowest BCUT2D eigenvalue weighted by molar-refractivity contribution is -0.141. The van der Waals surface area contributed by atoms with Crippen molar-refractivity contribution in [1.29, 1.82) is 0 Å². The topological polar surface area (TPSA) is 79.3 Å². The van der Waals surface area contributed by atoms with E-state index in [0.717, 1.165) is 0 Å². The van der Waals surface area contributed by atoms with Crippen molar-refractivity contribution in [3.8, 4) is 0 Å². The molecule has 0 aliphatic carbocycles. The van der Waals surface area contributed by atoms with Gasteiger partial charge in [-0.25, -0.2) is 0 Å². The van der Waals surface area contributed by atoms with Gasteiger partial charge >= 0.3 is 5.97 Å². The van der Waals surface area contributed by atoms with Crippen molar-refractivity contribution < 1.29 is 14.7 Å². The van der Waals surface area contributed by atoms with Crippen LogP contribution in [0.4, 0.5) is 0 Å². The molecule has 0 bridgehead atoms. The van der Waals surface area contributed by atoms with E-state index in [1.165, 1.54) is 0 Å². The van der Waals surface area contributed by atoms with E-state index in [0.29, 0.717) is 24.2 Å². The summed E-state index contributed by atoms with van der Waals surface area (Å²) in [6.45, 7) is 3.72. The van der Waals surface area contributed by atoms with E-state index in [-0.39, 0.29) is 5.91 Å². The highest BCUT2D eigenvalue weighted by molar-refractivity contribution is 5.95. The lowest BCUT2D eigenvalue weighted by Crippen LogP contribution is -2.27. The molecule has 0 spiro atoms. The summed E-state index contributed by atoms with van der Waals surface area (Å²) < 4.78 is 0. The summed E-state index contributed by atoms with van der Waals surface area (Å²) in [4.78, 5) is 26.3. The fraction of sp³-hybridized carbons (Fsp3) is 0.417. The van der Waals surface area contributed by atoms with Crippen molar-refractivity contribution in [2.45, 2.75) is 20.3 Å². The van der Waals surface area contributed by atoms with Gasteiger partial charge in [0.05, 0.1) is 11.5 Å². The zero-order valence-corrected chi connectivity index (χ0v) is 9.93. The van der Waals surface area contributed by atoms with Gasteiger partial charge in [-0.05, 0) is 25.5 Å². The van der Waals surface area contributed by atoms with E-state index in [9.17, 15) is 9.59 Å². The van der Waals surface area contributed by atoms with Crippen LogP contribution in [-0.4, -0.2) is 28.5 Å². The highest BCUT2D eigenvalue weighted by atomic mass is 16.4. The van der Waals surface area contributed by atoms with Crippen molar-refractivity contribution in [1.82, 2.24) is 10.3 Å². The molecule has 0 saturated carbocycles. The molecule has 1 unspecified atom stereocenters. The maximum absolute atomic E-state index is 11.7. The Morgan fingerprint density at radius 2 is 2.24 bits per heavy atom. The number of nitrogens with one attached hydrogen (secondary N) is 1. The molecule has 1 aromatic heterocycles. The molecule has 2 N–H and O–H groups in total. The summed E-state index contributed by atoms with van der Waals surface area (Å²) in [6, 6.07) is 3.39. The Hall–Kier alpha value is -1.91. The minimum absolute atomic E-state index is 0.215. The van der Waals surface area contributed by atoms with Gasteiger partial charge in [-0.3, -0.25) is 14.6 Å². The largest absolute Gasteiger partial charge is 0.481 e. The number of hydrogen-bond acceptors (Lipinski definition) is 3. The van der Waals surface area contributed by atoms with Crippen molar-refractivity contribution in [3.05, 3.63) is 29.6 Å². The Kier molecular flexibility index (Phi) is 4.63. The van der Waals surface area contributed by atoms with Gasteiger partial charge in [-0.1, -0.05) is 6.92 Å². The molecule has 0 saturated heterocycles. The third-order valence-corrected chi connectivity index (χ3v) is 2.54. The molecule has 1 aromatic rings. The number of amides is 1. The zero-order valence-electron chi connectivity index (χ0n) is 9.93. The number of nitrogens with zero attached hydrogens (tertiary/aromatic N) is 1. The van der Waals surface area contributed by atoms with E-state index in [1.54, 1.807) is 32.2 Å². The molecular formula is C12H16N2O3. The standard InChI is InChI=1S/C12H16N2O3/c1-8(12(16)17)5-7-14-11(15)10-4-3-6-13-9(10)2/h3-4,6,8H,5,7H2,1-2H3,(H,14,15)(H,16,17). The first-order valence-corrected chi connectivity index (χ1v) is 5.45. The van der Waals surface area contributed by atoms with Gasteiger partial charge in [0.25, 0.3) is 5.91 Å². The summed E-state index contributed by atoms with van der Waals surface area (Å²) in [7, 11) is 0. The van der Waals surface area contributed by atoms with E-state index in [1.807, 2.05) is 0 Å². The van der Waals surface area contributed by atoms with Crippen LogP contribution in [0, 0.1) is 12.8 Å². The summed E-state index contributed by atoms with van der Waals surface area (Å²) in [6.07, 6.45) is 2.04. The second-order valence-corrected chi connectivity index (χ2v) is 3.92. The quantitative estimate of drug-likeness (QED) is 0.805. The van der Waals surface area contributed by atoms with E-state index in [4.69, 9.17) is 5.11 Å². The average molecular weight is 236 g/mol. The molecule has 0 fully saturated rings. The van der Waals surface area contributed by atoms with Crippen LogP contribution in [0.5, 0.6) is 0 Å². The van der Waals surface area contributed by atoms with E-state index < -0.39 is 11.9 Å². The van der Waals surface area contributed by atoms with Gasteiger partial charge in [-0.2, -0.15) is 0 Å². The summed E-state index contributed by atoms with van der Waals surface area (Å²) in [5.41, 5.74) is 1.19. The number of carbonyl (C=O) groups excluding carboxylic acids is 1. The first kappa shape index (κ1) is 13.2. The first-order chi connectivity index (χ1) is 8.02. The summed E-state index contributed by atoms with van der Waals surface area (Å²) >= 11 is 0. The monoisotopic (exact) mass is 236 g/mol. The molecule has 17 heavy (non-hydrogen) atoms. The Morgan fingerprint density at radius 1 is 1.53 bits per heavy atom. The first-order valence-electron chi connectivity index (χ1n) is 5.45. The molecule has 5 nitrogen and oxygen atoms in total. The van der Waals surface area contributed by atoms with E-state index in [2.05, 4.69) is 10.3 Å². The van der Waals surface area contributed by atoms with Crippen LogP contribution in [0.25, 0.3) is 0 Å². The summed E-state index contributed by atoms with van der Waals surface area (Å²) in [5.74, 6) is -1.52. The molecular weight excluding hydrogens is 220 g/mol. The molecule has 1 amide bonds. The lowest BCUT2D eigenvalue weighted by Gasteiger charge is -2.08. The van der Waals surface area contributed by atoms with Crippen LogP contribution >= 0.6 is 0 Å². The second-order valence-electron chi connectivity index (χ2n) is 3.92. The minimum Gasteiger partial charge on any atom is -0.481 e. The van der Waals surface area contributed by atoms with Gasteiger partial charge in [0.1, 0.15) is 0 Å². The van der Waals surface area contributed by atoms with Gasteiger partial charge in [0, 0.05) is 18.4 Å². The second kappa shape index (κ2) is 5.98. The molecule has 1 atom stereocenters. The number of aliphatic carboxylic acids is 1. The van der Waals surface area contributed by atoms with Crippen LogP contribution in [0.1, 0.15) is 29.4 Å². The smallest absolute Gasteiger partial charge is 0.306 e. The van der Waals surface area contributed by atoms with Gasteiger partial charge in [0.2, 0.25) is 0 Å². The zero-order chi connectivity index (χ0) is 12.8. The Labute approximate surface area is 99.9 Å². The third-order valence-electron chi connectivity index (χ3n) is 2.54. The number of pyridine rings is 1. The Bertz CT molecular complexity index is 418. The third kappa shape index (κ3) is 3.86. The van der Waals surface area contributed by atoms with Crippen LogP contribution in [0.2, 0.25) is 0 Å². The Balaban J connectivity index is 2.46. The average Bonchev–Trinajstić information content (AvgIpc) is 2.29. The maximum Gasteiger partial charge on any atom is 0.306 e. The van der Waals surface area contributed by atoms with Crippen LogP contribution < -0.4 is 5.32 Å². The molecule has 0 aromatic carbocycles. The number of carbonyl (C=O) groups is 2. The number of aromatic nitrogens is 1. The Morgan fingerprint density at radius 3 is 2.82 bits per heavy atom. The number of carboxylic acids is 1. The van der Waals surface area contributed by atoms with Crippen LogP contribution in [0.15, 0.2) is 18.3 Å². The lowest BCUT2D eigenvalue weighted by atomic mass is 10.1. The van der Waals surface area contributed by atoms with Gasteiger partial charge < -0.3 is 10.4 Å². The molecule has 0 aliphatic heterocycles. The molecule has 92 valence electrons. The number of aryl methyl sites for hydroxylation is 1. The number of hydrogen-bond donors (Lipinski definition) is 2. The summed E-state index contributed by atoms with van der Waals surface area (Å²) in [5, 5.41) is 11.4. The SMILES string of the molecule is Cc1ncccc1C(=O)NCCC(C)C(=O)O. The molecule has 1 rings (SSSR count). The number of carboxylic acid groups (broad SMARTS) is 1. The normalized spacial score (nSPS) is 11.9. The van der Waals surface area contributed by atoms with Gasteiger partial charge in [-0.15, -0.1) is 0 Å². The molecule has 0 aliphatic rings. The predicted octanol–water partition coefficient (Wildman–Crippen LogP) is 1.23. The van der Waals surface area contributed by atoms with Crippen molar-refractivity contribution >= 4 is 11.9 Å². The van der Waals surface area contributed by atoms with Crippen molar-refractivity contribution in [2.24, 2.45) is 5.92 Å². The van der Waals surface area contributed by atoms with Crippen molar-refractivity contribution in [2.75, 3.05) is 6.54 Å². The fourth-order valence-corrected chi connectivity index (χ4v) is 1.35.